The molecule has 21 heavy (non-hydrogen) atoms. The fourth-order valence-corrected chi connectivity index (χ4v) is 3.57. The largest absolute Gasteiger partial charge is 0.336 e. The minimum absolute atomic E-state index is 0.00570. The van der Waals surface area contributed by atoms with E-state index in [1.807, 2.05) is 18.7 Å². The normalized spacial score (nSPS) is 22.6. The van der Waals surface area contributed by atoms with Crippen molar-refractivity contribution in [1.29, 1.82) is 0 Å². The monoisotopic (exact) mass is 310 g/mol. The number of nitrogens with two attached hydrogens (primary N) is 1. The van der Waals surface area contributed by atoms with Crippen LogP contribution < -0.4 is 5.14 Å². The number of primary sulfonamides is 1. The minimum atomic E-state index is -3.82. The lowest BCUT2D eigenvalue weighted by Crippen LogP contribution is -2.34. The van der Waals surface area contributed by atoms with E-state index < -0.39 is 10.0 Å². The molecule has 1 aliphatic heterocycles. The van der Waals surface area contributed by atoms with Crippen molar-refractivity contribution >= 4 is 15.9 Å². The molecule has 2 rings (SSSR count). The molecule has 1 aliphatic rings. The zero-order chi connectivity index (χ0) is 15.9. The number of aryl methyl sites for hydroxylation is 1. The first kappa shape index (κ1) is 16.0. The van der Waals surface area contributed by atoms with Gasteiger partial charge in [0, 0.05) is 18.2 Å². The van der Waals surface area contributed by atoms with Crippen LogP contribution in [0.3, 0.4) is 0 Å². The van der Waals surface area contributed by atoms with E-state index in [0.29, 0.717) is 18.0 Å². The number of nitrogens with zero attached hydrogens (tertiary/aromatic N) is 1. The van der Waals surface area contributed by atoms with Crippen molar-refractivity contribution in [2.24, 2.45) is 11.1 Å². The lowest BCUT2D eigenvalue weighted by molar-refractivity contribution is 0.0742. The second-order valence-corrected chi connectivity index (χ2v) is 7.67. The van der Waals surface area contributed by atoms with E-state index in [2.05, 4.69) is 6.92 Å². The zero-order valence-corrected chi connectivity index (χ0v) is 13.7. The average Bonchev–Trinajstić information content (AvgIpc) is 2.69. The molecular weight excluding hydrogens is 288 g/mol. The molecule has 2 atom stereocenters. The summed E-state index contributed by atoms with van der Waals surface area (Å²) in [7, 11) is -3.82. The lowest BCUT2D eigenvalue weighted by Gasteiger charge is -2.23. The maximum Gasteiger partial charge on any atom is 0.254 e. The highest BCUT2D eigenvalue weighted by molar-refractivity contribution is 7.89. The third-order valence-electron chi connectivity index (χ3n) is 4.24. The molecule has 2 unspecified atom stereocenters. The van der Waals surface area contributed by atoms with Crippen LogP contribution in [-0.4, -0.2) is 31.8 Å². The number of carbonyl (C=O) groups excluding carboxylic acids is 1. The van der Waals surface area contributed by atoms with Crippen molar-refractivity contribution in [2.75, 3.05) is 6.54 Å². The van der Waals surface area contributed by atoms with Crippen molar-refractivity contribution in [3.63, 3.8) is 0 Å². The smallest absolute Gasteiger partial charge is 0.254 e. The van der Waals surface area contributed by atoms with Gasteiger partial charge in [-0.3, -0.25) is 4.79 Å². The van der Waals surface area contributed by atoms with E-state index >= 15 is 0 Å². The van der Waals surface area contributed by atoms with E-state index in [9.17, 15) is 13.2 Å². The Labute approximate surface area is 126 Å². The van der Waals surface area contributed by atoms with Gasteiger partial charge in [-0.05, 0) is 56.4 Å². The van der Waals surface area contributed by atoms with Crippen LogP contribution in [0.5, 0.6) is 0 Å². The van der Waals surface area contributed by atoms with E-state index in [1.54, 1.807) is 6.92 Å². The van der Waals surface area contributed by atoms with Crippen LogP contribution >= 0.6 is 0 Å². The Balaban J connectivity index is 2.48. The van der Waals surface area contributed by atoms with E-state index in [0.717, 1.165) is 17.5 Å². The number of benzene rings is 1. The van der Waals surface area contributed by atoms with Gasteiger partial charge in [0.25, 0.3) is 5.91 Å². The molecule has 1 fully saturated rings. The molecule has 0 bridgehead atoms. The quantitative estimate of drug-likeness (QED) is 0.904. The number of rotatable bonds is 2. The van der Waals surface area contributed by atoms with E-state index in [4.69, 9.17) is 5.14 Å². The summed E-state index contributed by atoms with van der Waals surface area (Å²) >= 11 is 0. The molecule has 1 aromatic rings. The Hall–Kier alpha value is -1.40. The molecule has 1 aromatic carbocycles. The van der Waals surface area contributed by atoms with Gasteiger partial charge in [0.05, 0.1) is 4.90 Å². The maximum atomic E-state index is 12.7. The van der Waals surface area contributed by atoms with Crippen molar-refractivity contribution in [3.05, 3.63) is 28.8 Å². The van der Waals surface area contributed by atoms with E-state index in [1.165, 1.54) is 12.1 Å². The van der Waals surface area contributed by atoms with Gasteiger partial charge in [-0.25, -0.2) is 13.6 Å². The van der Waals surface area contributed by atoms with E-state index in [-0.39, 0.29) is 16.8 Å². The third-order valence-corrected chi connectivity index (χ3v) is 5.14. The van der Waals surface area contributed by atoms with Gasteiger partial charge in [-0.15, -0.1) is 0 Å². The summed E-state index contributed by atoms with van der Waals surface area (Å²) in [5, 5.41) is 5.19. The Morgan fingerprint density at radius 3 is 2.38 bits per heavy atom. The van der Waals surface area contributed by atoms with Crippen molar-refractivity contribution in [2.45, 2.75) is 45.1 Å². The van der Waals surface area contributed by atoms with Crippen LogP contribution in [0, 0.1) is 19.8 Å². The van der Waals surface area contributed by atoms with Crippen molar-refractivity contribution in [1.82, 2.24) is 4.90 Å². The fraction of sp³-hybridized carbons (Fsp3) is 0.533. The Kier molecular flexibility index (Phi) is 4.13. The molecule has 5 nitrogen and oxygen atoms in total. The number of likely N-dealkylation sites (tertiary alicyclic amines) is 1. The second kappa shape index (κ2) is 5.42. The molecule has 1 amide bonds. The van der Waals surface area contributed by atoms with Gasteiger partial charge in [-0.2, -0.15) is 0 Å². The van der Waals surface area contributed by atoms with Crippen LogP contribution in [0.1, 0.15) is 41.8 Å². The summed E-state index contributed by atoms with van der Waals surface area (Å²) in [6.07, 6.45) is 0.971. The highest BCUT2D eigenvalue weighted by Gasteiger charge is 2.31. The maximum absolute atomic E-state index is 12.7. The summed E-state index contributed by atoms with van der Waals surface area (Å²) in [6, 6.07) is 3.08. The Morgan fingerprint density at radius 2 is 1.90 bits per heavy atom. The number of carbonyl (C=O) groups is 1. The summed E-state index contributed by atoms with van der Waals surface area (Å²) in [4.78, 5) is 14.6. The molecule has 0 saturated carbocycles. The lowest BCUT2D eigenvalue weighted by atomic mass is 10.0. The predicted octanol–water partition coefficient (Wildman–Crippen LogP) is 1.82. The molecule has 0 aliphatic carbocycles. The molecule has 2 N–H and O–H groups in total. The molecule has 0 spiro atoms. The summed E-state index contributed by atoms with van der Waals surface area (Å²) in [5.74, 6) is 0.352. The molecule has 6 heteroatoms. The predicted molar refractivity (Wildman–Crippen MR) is 81.6 cm³/mol. The summed E-state index contributed by atoms with van der Waals surface area (Å²) < 4.78 is 23.1. The highest BCUT2D eigenvalue weighted by Crippen LogP contribution is 2.27. The SMILES string of the molecule is Cc1cc(S(N)(=O)=O)cc(C(=O)N2CC(C)CC2C)c1C. The molecule has 1 saturated heterocycles. The average molecular weight is 310 g/mol. The summed E-state index contributed by atoms with van der Waals surface area (Å²) in [5.41, 5.74) is 1.99. The van der Waals surface area contributed by atoms with Crippen LogP contribution in [0.15, 0.2) is 17.0 Å². The first-order valence-corrected chi connectivity index (χ1v) is 8.61. The first-order chi connectivity index (χ1) is 9.61. The van der Waals surface area contributed by atoms with Gasteiger partial charge in [-0.1, -0.05) is 6.92 Å². The zero-order valence-electron chi connectivity index (χ0n) is 12.9. The van der Waals surface area contributed by atoms with Crippen molar-refractivity contribution < 1.29 is 13.2 Å². The van der Waals surface area contributed by atoms with Gasteiger partial charge in [0.1, 0.15) is 0 Å². The minimum Gasteiger partial charge on any atom is -0.336 e. The first-order valence-electron chi connectivity index (χ1n) is 7.06. The Bertz CT molecular complexity index is 682. The van der Waals surface area contributed by atoms with Crippen LogP contribution in [0.4, 0.5) is 0 Å². The number of sulfonamides is 1. The van der Waals surface area contributed by atoms with Gasteiger partial charge < -0.3 is 4.90 Å². The molecular formula is C15H22N2O3S. The third kappa shape index (κ3) is 3.11. The number of hydrogen-bond donors (Lipinski definition) is 1. The topological polar surface area (TPSA) is 80.5 Å². The number of hydrogen-bond acceptors (Lipinski definition) is 3. The van der Waals surface area contributed by atoms with Crippen LogP contribution in [-0.2, 0) is 10.0 Å². The fourth-order valence-electron chi connectivity index (χ4n) is 2.95. The Morgan fingerprint density at radius 1 is 1.29 bits per heavy atom. The molecule has 0 aromatic heterocycles. The van der Waals surface area contributed by atoms with Gasteiger partial charge in [0.2, 0.25) is 10.0 Å². The molecule has 1 heterocycles. The summed E-state index contributed by atoms with van der Waals surface area (Å²) in [6.45, 7) is 8.46. The molecule has 116 valence electrons. The standard InChI is InChI=1S/C15H22N2O3S/c1-9-5-11(3)17(8-9)15(18)14-7-13(21(16,19)20)6-10(2)12(14)4/h6-7,9,11H,5,8H2,1-4H3,(H2,16,19,20). The van der Waals surface area contributed by atoms with Gasteiger partial charge >= 0.3 is 0 Å². The van der Waals surface area contributed by atoms with Crippen molar-refractivity contribution in [3.8, 4) is 0 Å². The number of amides is 1. The second-order valence-electron chi connectivity index (χ2n) is 6.11. The highest BCUT2D eigenvalue weighted by atomic mass is 32.2. The van der Waals surface area contributed by atoms with Crippen LogP contribution in [0.25, 0.3) is 0 Å². The van der Waals surface area contributed by atoms with Gasteiger partial charge in [0.15, 0.2) is 0 Å². The molecule has 0 radical (unpaired) electrons. The van der Waals surface area contributed by atoms with Crippen LogP contribution in [0.2, 0.25) is 0 Å².